The molecule has 1 N–H and O–H groups in total. The van der Waals surface area contributed by atoms with Crippen molar-refractivity contribution < 1.29 is 9.13 Å². The highest BCUT2D eigenvalue weighted by atomic mass is 19.1. The summed E-state index contributed by atoms with van der Waals surface area (Å²) in [4.78, 5) is 0. The van der Waals surface area contributed by atoms with Crippen LogP contribution in [0.1, 0.15) is 32.3 Å². The zero-order valence-electron chi connectivity index (χ0n) is 10.7. The maximum atomic E-state index is 13.0. The van der Waals surface area contributed by atoms with Gasteiger partial charge in [-0.25, -0.2) is 4.39 Å². The summed E-state index contributed by atoms with van der Waals surface area (Å²) in [5.41, 5.74) is 1.91. The van der Waals surface area contributed by atoms with Crippen LogP contribution in [0.15, 0.2) is 18.2 Å². The first-order chi connectivity index (χ1) is 7.96. The van der Waals surface area contributed by atoms with E-state index in [0.29, 0.717) is 6.04 Å². The smallest absolute Gasteiger partial charge is 0.123 e. The van der Waals surface area contributed by atoms with E-state index in [4.69, 9.17) is 4.74 Å². The number of hydrogen-bond acceptors (Lipinski definition) is 2. The van der Waals surface area contributed by atoms with Crippen molar-refractivity contribution in [2.75, 3.05) is 11.9 Å². The van der Waals surface area contributed by atoms with Crippen molar-refractivity contribution in [3.8, 4) is 0 Å². The lowest BCUT2D eigenvalue weighted by Gasteiger charge is -2.36. The van der Waals surface area contributed by atoms with Crippen molar-refractivity contribution in [2.24, 2.45) is 0 Å². The molecule has 1 unspecified atom stereocenters. The van der Waals surface area contributed by atoms with Gasteiger partial charge in [0.05, 0.1) is 5.60 Å². The Morgan fingerprint density at radius 2 is 2.18 bits per heavy atom. The number of aryl methyl sites for hydroxylation is 1. The van der Waals surface area contributed by atoms with E-state index in [-0.39, 0.29) is 11.4 Å². The zero-order chi connectivity index (χ0) is 12.5. The lowest BCUT2D eigenvalue weighted by atomic mass is 9.93. The fourth-order valence-corrected chi connectivity index (χ4v) is 2.36. The van der Waals surface area contributed by atoms with E-state index >= 15 is 0 Å². The minimum atomic E-state index is -0.180. The molecule has 1 fully saturated rings. The Morgan fingerprint density at radius 1 is 1.41 bits per heavy atom. The maximum Gasteiger partial charge on any atom is 0.123 e. The van der Waals surface area contributed by atoms with Crippen LogP contribution >= 0.6 is 0 Å². The molecule has 2 rings (SSSR count). The highest BCUT2D eigenvalue weighted by Gasteiger charge is 2.28. The SMILES string of the molecule is Cc1cc(F)ccc1NC1CCOC(C)(C)C1. The van der Waals surface area contributed by atoms with Gasteiger partial charge in [-0.15, -0.1) is 0 Å². The number of nitrogens with one attached hydrogen (secondary N) is 1. The van der Waals surface area contributed by atoms with Gasteiger partial charge in [-0.3, -0.25) is 0 Å². The third-order valence-electron chi connectivity index (χ3n) is 3.25. The molecule has 1 aliphatic heterocycles. The van der Waals surface area contributed by atoms with Crippen molar-refractivity contribution in [3.05, 3.63) is 29.6 Å². The number of halogens is 1. The molecular weight excluding hydrogens is 217 g/mol. The lowest BCUT2D eigenvalue weighted by Crippen LogP contribution is -2.40. The van der Waals surface area contributed by atoms with E-state index in [1.807, 2.05) is 13.0 Å². The number of hydrogen-bond donors (Lipinski definition) is 1. The number of benzene rings is 1. The molecule has 1 atom stereocenters. The van der Waals surface area contributed by atoms with Gasteiger partial charge < -0.3 is 10.1 Å². The van der Waals surface area contributed by atoms with Gasteiger partial charge in [0.15, 0.2) is 0 Å². The van der Waals surface area contributed by atoms with Crippen LogP contribution in [0.25, 0.3) is 0 Å². The molecule has 2 nitrogen and oxygen atoms in total. The molecular formula is C14H20FNO. The molecule has 1 heterocycles. The minimum Gasteiger partial charge on any atom is -0.382 e. The Balaban J connectivity index is 2.05. The Bertz CT molecular complexity index is 403. The van der Waals surface area contributed by atoms with Crippen molar-refractivity contribution in [1.29, 1.82) is 0 Å². The van der Waals surface area contributed by atoms with Gasteiger partial charge >= 0.3 is 0 Å². The quantitative estimate of drug-likeness (QED) is 0.850. The van der Waals surface area contributed by atoms with E-state index in [1.165, 1.54) is 6.07 Å². The van der Waals surface area contributed by atoms with Crippen LogP contribution in [0.3, 0.4) is 0 Å². The van der Waals surface area contributed by atoms with Crippen LogP contribution in [-0.2, 0) is 4.74 Å². The third-order valence-corrected chi connectivity index (χ3v) is 3.25. The Hall–Kier alpha value is -1.09. The summed E-state index contributed by atoms with van der Waals surface area (Å²) in [5.74, 6) is -0.180. The van der Waals surface area contributed by atoms with Crippen molar-refractivity contribution >= 4 is 5.69 Å². The van der Waals surface area contributed by atoms with E-state index in [1.54, 1.807) is 6.07 Å². The van der Waals surface area contributed by atoms with Gasteiger partial charge in [-0.2, -0.15) is 0 Å². The lowest BCUT2D eigenvalue weighted by molar-refractivity contribution is -0.0553. The Kier molecular flexibility index (Phi) is 3.38. The predicted molar refractivity (Wildman–Crippen MR) is 67.8 cm³/mol. The van der Waals surface area contributed by atoms with Crippen molar-refractivity contribution in [3.63, 3.8) is 0 Å². The highest BCUT2D eigenvalue weighted by Crippen LogP contribution is 2.27. The Morgan fingerprint density at radius 3 is 2.82 bits per heavy atom. The van der Waals surface area contributed by atoms with Crippen molar-refractivity contribution in [1.82, 2.24) is 0 Å². The highest BCUT2D eigenvalue weighted by molar-refractivity contribution is 5.51. The molecule has 1 saturated heterocycles. The van der Waals surface area contributed by atoms with E-state index in [0.717, 1.165) is 30.7 Å². The monoisotopic (exact) mass is 237 g/mol. The molecule has 1 aliphatic rings. The molecule has 0 aliphatic carbocycles. The van der Waals surface area contributed by atoms with Crippen LogP contribution < -0.4 is 5.32 Å². The van der Waals surface area contributed by atoms with Gasteiger partial charge in [0.25, 0.3) is 0 Å². The summed E-state index contributed by atoms with van der Waals surface area (Å²) in [7, 11) is 0. The first-order valence-electron chi connectivity index (χ1n) is 6.13. The van der Waals surface area contributed by atoms with Gasteiger partial charge in [0.1, 0.15) is 5.82 Å². The summed E-state index contributed by atoms with van der Waals surface area (Å²) >= 11 is 0. The molecule has 1 aromatic rings. The zero-order valence-corrected chi connectivity index (χ0v) is 10.7. The van der Waals surface area contributed by atoms with E-state index in [9.17, 15) is 4.39 Å². The fourth-order valence-electron chi connectivity index (χ4n) is 2.36. The average Bonchev–Trinajstić information content (AvgIpc) is 2.21. The first kappa shape index (κ1) is 12.4. The van der Waals surface area contributed by atoms with Crippen LogP contribution in [-0.4, -0.2) is 18.2 Å². The topological polar surface area (TPSA) is 21.3 Å². The molecule has 0 amide bonds. The van der Waals surface area contributed by atoms with Crippen LogP contribution in [0.4, 0.5) is 10.1 Å². The van der Waals surface area contributed by atoms with Crippen LogP contribution in [0.5, 0.6) is 0 Å². The first-order valence-corrected chi connectivity index (χ1v) is 6.13. The van der Waals surface area contributed by atoms with Gasteiger partial charge in [-0.1, -0.05) is 0 Å². The molecule has 1 aromatic carbocycles. The summed E-state index contributed by atoms with van der Waals surface area (Å²) < 4.78 is 18.7. The molecule has 0 saturated carbocycles. The van der Waals surface area contributed by atoms with E-state index < -0.39 is 0 Å². The second kappa shape index (κ2) is 4.65. The van der Waals surface area contributed by atoms with Crippen LogP contribution in [0, 0.1) is 12.7 Å². The average molecular weight is 237 g/mol. The minimum absolute atomic E-state index is 0.0656. The molecule has 94 valence electrons. The maximum absolute atomic E-state index is 13.0. The molecule has 0 spiro atoms. The Labute approximate surface area is 102 Å². The number of anilines is 1. The largest absolute Gasteiger partial charge is 0.382 e. The number of ether oxygens (including phenoxy) is 1. The van der Waals surface area contributed by atoms with Crippen LogP contribution in [0.2, 0.25) is 0 Å². The van der Waals surface area contributed by atoms with E-state index in [2.05, 4.69) is 19.2 Å². The molecule has 17 heavy (non-hydrogen) atoms. The molecule has 0 aromatic heterocycles. The third kappa shape index (κ3) is 3.19. The number of rotatable bonds is 2. The van der Waals surface area contributed by atoms with Gasteiger partial charge in [-0.05, 0) is 57.4 Å². The standard InChI is InChI=1S/C14H20FNO/c1-10-8-11(15)4-5-13(10)16-12-6-7-17-14(2,3)9-12/h4-5,8,12,16H,6-7,9H2,1-3H3. The second-order valence-corrected chi connectivity index (χ2v) is 5.40. The summed E-state index contributed by atoms with van der Waals surface area (Å²) in [6.07, 6.45) is 1.98. The summed E-state index contributed by atoms with van der Waals surface area (Å²) in [6, 6.07) is 5.28. The summed E-state index contributed by atoms with van der Waals surface area (Å²) in [6.45, 7) is 6.93. The fraction of sp³-hybridized carbons (Fsp3) is 0.571. The second-order valence-electron chi connectivity index (χ2n) is 5.40. The summed E-state index contributed by atoms with van der Waals surface area (Å²) in [5, 5.41) is 3.49. The molecule has 0 bridgehead atoms. The predicted octanol–water partition coefficient (Wildman–Crippen LogP) is 3.50. The normalized spacial score (nSPS) is 23.4. The van der Waals surface area contributed by atoms with Gasteiger partial charge in [0.2, 0.25) is 0 Å². The van der Waals surface area contributed by atoms with Crippen molar-refractivity contribution in [2.45, 2.75) is 45.3 Å². The molecule has 0 radical (unpaired) electrons. The molecule has 3 heteroatoms. The van der Waals surface area contributed by atoms with Gasteiger partial charge in [0, 0.05) is 18.3 Å².